The summed E-state index contributed by atoms with van der Waals surface area (Å²) >= 11 is 5.96. The highest BCUT2D eigenvalue weighted by Crippen LogP contribution is 2.21. The lowest BCUT2D eigenvalue weighted by Gasteiger charge is -2.10. The summed E-state index contributed by atoms with van der Waals surface area (Å²) in [6, 6.07) is 1.40. The van der Waals surface area contributed by atoms with E-state index >= 15 is 0 Å². The van der Waals surface area contributed by atoms with Crippen molar-refractivity contribution in [3.05, 3.63) is 22.8 Å². The first-order valence-electron chi connectivity index (χ1n) is 5.87. The second-order valence-corrected chi connectivity index (χ2v) is 4.71. The summed E-state index contributed by atoms with van der Waals surface area (Å²) in [5.41, 5.74) is 0.0924. The molecule has 1 fully saturated rings. The molecule has 0 spiro atoms. The largest absolute Gasteiger partial charge is 0.478 e. The molecule has 0 aromatic carbocycles. The molecule has 98 valence electrons. The highest BCUT2D eigenvalue weighted by atomic mass is 35.5. The first kappa shape index (κ1) is 13.1. The number of aromatic nitrogens is 1. The molecule has 2 rings (SSSR count). The summed E-state index contributed by atoms with van der Waals surface area (Å²) < 4.78 is 5.29. The van der Waals surface area contributed by atoms with Gasteiger partial charge in [-0.2, -0.15) is 0 Å². The molecule has 2 N–H and O–H groups in total. The summed E-state index contributed by atoms with van der Waals surface area (Å²) in [4.78, 5) is 14.7. The number of ether oxygens (including phenoxy) is 1. The first-order chi connectivity index (χ1) is 8.66. The predicted octanol–water partition coefficient (Wildman–Crippen LogP) is 2.27. The number of pyridine rings is 1. The van der Waals surface area contributed by atoms with Crippen molar-refractivity contribution in [2.75, 3.05) is 25.1 Å². The van der Waals surface area contributed by atoms with E-state index in [0.29, 0.717) is 16.8 Å². The third-order valence-electron chi connectivity index (χ3n) is 2.96. The lowest BCUT2D eigenvalue weighted by atomic mass is 10.1. The van der Waals surface area contributed by atoms with Gasteiger partial charge in [-0.15, -0.1) is 0 Å². The number of hydrogen-bond donors (Lipinski definition) is 2. The van der Waals surface area contributed by atoms with Crippen molar-refractivity contribution < 1.29 is 14.6 Å². The van der Waals surface area contributed by atoms with Gasteiger partial charge in [0.15, 0.2) is 0 Å². The van der Waals surface area contributed by atoms with Crippen LogP contribution in [0.15, 0.2) is 12.3 Å². The predicted molar refractivity (Wildman–Crippen MR) is 68.2 cm³/mol. The zero-order valence-corrected chi connectivity index (χ0v) is 10.6. The molecule has 0 amide bonds. The fourth-order valence-electron chi connectivity index (χ4n) is 1.89. The minimum absolute atomic E-state index is 0.0924. The molecule has 6 heteroatoms. The van der Waals surface area contributed by atoms with Gasteiger partial charge in [0.25, 0.3) is 0 Å². The second kappa shape index (κ2) is 6.02. The number of hydrogen-bond acceptors (Lipinski definition) is 4. The van der Waals surface area contributed by atoms with Gasteiger partial charge in [0.05, 0.1) is 10.6 Å². The van der Waals surface area contributed by atoms with E-state index in [1.54, 1.807) is 0 Å². The van der Waals surface area contributed by atoms with Crippen molar-refractivity contribution in [1.29, 1.82) is 0 Å². The van der Waals surface area contributed by atoms with Gasteiger partial charge in [0.1, 0.15) is 5.82 Å². The Morgan fingerprint density at radius 1 is 1.67 bits per heavy atom. The van der Waals surface area contributed by atoms with E-state index in [1.807, 2.05) is 0 Å². The second-order valence-electron chi connectivity index (χ2n) is 4.30. The maximum atomic E-state index is 10.7. The Morgan fingerprint density at radius 2 is 2.50 bits per heavy atom. The van der Waals surface area contributed by atoms with Gasteiger partial charge < -0.3 is 15.2 Å². The van der Waals surface area contributed by atoms with E-state index in [0.717, 1.165) is 32.6 Å². The molecule has 1 atom stereocenters. The van der Waals surface area contributed by atoms with Crippen LogP contribution < -0.4 is 5.32 Å². The van der Waals surface area contributed by atoms with E-state index in [1.165, 1.54) is 12.3 Å². The standard InChI is InChI=1S/C12H15ClN2O3/c13-10-5-9(12(16)17)6-15-11(10)14-3-1-8-2-4-18-7-8/h5-6,8H,1-4,7H2,(H,14,15)(H,16,17). The van der Waals surface area contributed by atoms with Crippen molar-refractivity contribution >= 4 is 23.4 Å². The third kappa shape index (κ3) is 3.34. The number of nitrogens with zero attached hydrogens (tertiary/aromatic N) is 1. The molecule has 0 aliphatic carbocycles. The molecule has 5 nitrogen and oxygen atoms in total. The smallest absolute Gasteiger partial charge is 0.337 e. The number of carbonyl (C=O) groups is 1. The zero-order chi connectivity index (χ0) is 13.0. The van der Waals surface area contributed by atoms with Crippen LogP contribution in [0.4, 0.5) is 5.82 Å². The van der Waals surface area contributed by atoms with Crippen LogP contribution in [0.5, 0.6) is 0 Å². The lowest BCUT2D eigenvalue weighted by molar-refractivity contribution is 0.0696. The van der Waals surface area contributed by atoms with Crippen LogP contribution >= 0.6 is 11.6 Å². The monoisotopic (exact) mass is 270 g/mol. The van der Waals surface area contributed by atoms with E-state index in [4.69, 9.17) is 21.4 Å². The number of carboxylic acids is 1. The maximum Gasteiger partial charge on any atom is 0.337 e. The van der Waals surface area contributed by atoms with Crippen LogP contribution in [0.25, 0.3) is 0 Å². The van der Waals surface area contributed by atoms with Crippen molar-refractivity contribution in [2.45, 2.75) is 12.8 Å². The Balaban J connectivity index is 1.87. The molecule has 1 saturated heterocycles. The van der Waals surface area contributed by atoms with E-state index in [-0.39, 0.29) is 5.56 Å². The minimum Gasteiger partial charge on any atom is -0.478 e. The van der Waals surface area contributed by atoms with E-state index in [2.05, 4.69) is 10.3 Å². The summed E-state index contributed by atoms with van der Waals surface area (Å²) in [6.45, 7) is 2.42. The van der Waals surface area contributed by atoms with Crippen molar-refractivity contribution in [2.24, 2.45) is 5.92 Å². The highest BCUT2D eigenvalue weighted by molar-refractivity contribution is 6.33. The Hall–Kier alpha value is -1.33. The van der Waals surface area contributed by atoms with Crippen molar-refractivity contribution in [1.82, 2.24) is 4.98 Å². The Labute approximate surface area is 110 Å². The zero-order valence-electron chi connectivity index (χ0n) is 9.86. The molecule has 1 aromatic rings. The van der Waals surface area contributed by atoms with Crippen LogP contribution in [0, 0.1) is 5.92 Å². The molecule has 2 heterocycles. The minimum atomic E-state index is -1.03. The summed E-state index contributed by atoms with van der Waals surface area (Å²) in [7, 11) is 0. The quantitative estimate of drug-likeness (QED) is 0.859. The Kier molecular flexibility index (Phi) is 4.38. The van der Waals surface area contributed by atoms with Crippen LogP contribution in [-0.2, 0) is 4.74 Å². The maximum absolute atomic E-state index is 10.7. The number of aromatic carboxylic acids is 1. The van der Waals surface area contributed by atoms with Crippen LogP contribution in [0.1, 0.15) is 23.2 Å². The van der Waals surface area contributed by atoms with Gasteiger partial charge in [-0.3, -0.25) is 0 Å². The molecule has 1 unspecified atom stereocenters. The van der Waals surface area contributed by atoms with Gasteiger partial charge in [-0.05, 0) is 24.8 Å². The van der Waals surface area contributed by atoms with E-state index < -0.39 is 5.97 Å². The number of halogens is 1. The molecule has 18 heavy (non-hydrogen) atoms. The Bertz CT molecular complexity index is 433. The molecule has 0 saturated carbocycles. The molecule has 1 aromatic heterocycles. The molecule has 1 aliphatic heterocycles. The molecular weight excluding hydrogens is 256 g/mol. The molecule has 0 bridgehead atoms. The molecular formula is C12H15ClN2O3. The SMILES string of the molecule is O=C(O)c1cnc(NCCC2CCOC2)c(Cl)c1. The lowest BCUT2D eigenvalue weighted by Crippen LogP contribution is -2.10. The van der Waals surface area contributed by atoms with E-state index in [9.17, 15) is 4.79 Å². The third-order valence-corrected chi connectivity index (χ3v) is 3.25. The first-order valence-corrected chi connectivity index (χ1v) is 6.25. The topological polar surface area (TPSA) is 71.5 Å². The van der Waals surface area contributed by atoms with Crippen LogP contribution in [0.2, 0.25) is 5.02 Å². The fourth-order valence-corrected chi connectivity index (χ4v) is 2.12. The number of anilines is 1. The number of carboxylic acid groups (broad SMARTS) is 1. The molecule has 1 aliphatic rings. The summed E-state index contributed by atoms with van der Waals surface area (Å²) in [6.07, 6.45) is 3.40. The van der Waals surface area contributed by atoms with Gasteiger partial charge in [0, 0.05) is 26.0 Å². The van der Waals surface area contributed by atoms with Gasteiger partial charge in [-0.25, -0.2) is 9.78 Å². The summed E-state index contributed by atoms with van der Waals surface area (Å²) in [5.74, 6) is 0.0919. The van der Waals surface area contributed by atoms with Gasteiger partial charge >= 0.3 is 5.97 Å². The number of nitrogens with one attached hydrogen (secondary N) is 1. The van der Waals surface area contributed by atoms with Gasteiger partial charge in [-0.1, -0.05) is 11.6 Å². The number of rotatable bonds is 5. The highest BCUT2D eigenvalue weighted by Gasteiger charge is 2.15. The Morgan fingerprint density at radius 3 is 3.11 bits per heavy atom. The van der Waals surface area contributed by atoms with Crippen LogP contribution in [-0.4, -0.2) is 35.8 Å². The van der Waals surface area contributed by atoms with Crippen LogP contribution in [0.3, 0.4) is 0 Å². The van der Waals surface area contributed by atoms with Gasteiger partial charge in [0.2, 0.25) is 0 Å². The average molecular weight is 271 g/mol. The molecule has 0 radical (unpaired) electrons. The normalized spacial score (nSPS) is 18.8. The fraction of sp³-hybridized carbons (Fsp3) is 0.500. The van der Waals surface area contributed by atoms with Crippen molar-refractivity contribution in [3.8, 4) is 0 Å². The average Bonchev–Trinajstić information content (AvgIpc) is 2.84. The summed E-state index contributed by atoms with van der Waals surface area (Å²) in [5, 5.41) is 12.2. The van der Waals surface area contributed by atoms with Crippen molar-refractivity contribution in [3.63, 3.8) is 0 Å².